The number of hydrogen-bond donors (Lipinski definition) is 1. The van der Waals surface area contributed by atoms with E-state index in [-0.39, 0.29) is 12.3 Å². The van der Waals surface area contributed by atoms with Crippen LogP contribution < -0.4 is 19.1 Å². The summed E-state index contributed by atoms with van der Waals surface area (Å²) in [5.74, 6) is 0.803. The number of hydrogen-bond acceptors (Lipinski definition) is 7. The van der Waals surface area contributed by atoms with E-state index >= 15 is 0 Å². The smallest absolute Gasteiger partial charge is 0.231 e. The van der Waals surface area contributed by atoms with Crippen molar-refractivity contribution in [2.75, 3.05) is 36.1 Å². The number of nitrogens with zero attached hydrogens (tertiary/aromatic N) is 2. The highest BCUT2D eigenvalue weighted by Crippen LogP contribution is 2.38. The molecule has 1 amide bonds. The molecular weight excluding hydrogens is 474 g/mol. The quantitative estimate of drug-likeness (QED) is 0.560. The van der Waals surface area contributed by atoms with Gasteiger partial charge in [-0.2, -0.15) is 0 Å². The minimum absolute atomic E-state index is 0.109. The molecule has 2 aromatic carbocycles. The molecule has 8 nitrogen and oxygen atoms in total. The largest absolute Gasteiger partial charge is 0.486 e. The first-order valence-corrected chi connectivity index (χ1v) is 12.7. The maximum Gasteiger partial charge on any atom is 0.231 e. The summed E-state index contributed by atoms with van der Waals surface area (Å²) in [6, 6.07) is 10.4. The highest BCUT2D eigenvalue weighted by molar-refractivity contribution is 7.92. The highest BCUT2D eigenvalue weighted by atomic mass is 35.5. The van der Waals surface area contributed by atoms with E-state index in [0.29, 0.717) is 51.8 Å². The molecule has 0 bridgehead atoms. The Hall–Kier alpha value is -2.82. The van der Waals surface area contributed by atoms with Crippen LogP contribution in [0.5, 0.6) is 11.5 Å². The van der Waals surface area contributed by atoms with Crippen molar-refractivity contribution in [3.63, 3.8) is 0 Å². The SMILES string of the molecule is CN(c1ccc(-c2csc(NC(=O)Cc3cc(Cl)c4c(c3)OCCO4)n2)cc1)S(C)(=O)=O. The number of thiazole rings is 1. The molecule has 32 heavy (non-hydrogen) atoms. The number of carbonyl (C=O) groups is 1. The van der Waals surface area contributed by atoms with Crippen LogP contribution in [0.4, 0.5) is 10.8 Å². The zero-order chi connectivity index (χ0) is 22.9. The summed E-state index contributed by atoms with van der Waals surface area (Å²) < 4.78 is 35.6. The van der Waals surface area contributed by atoms with Crippen LogP contribution in [0, 0.1) is 0 Å². The van der Waals surface area contributed by atoms with Gasteiger partial charge >= 0.3 is 0 Å². The highest BCUT2D eigenvalue weighted by Gasteiger charge is 2.18. The molecule has 1 aliphatic heterocycles. The first-order valence-electron chi connectivity index (χ1n) is 9.58. The van der Waals surface area contributed by atoms with E-state index in [2.05, 4.69) is 10.3 Å². The molecule has 4 rings (SSSR count). The third-order valence-electron chi connectivity index (χ3n) is 4.80. The second-order valence-corrected chi connectivity index (χ2v) is 10.4. The molecule has 0 spiro atoms. The number of ether oxygens (including phenoxy) is 2. The first-order chi connectivity index (χ1) is 15.2. The Morgan fingerprint density at radius 3 is 2.66 bits per heavy atom. The van der Waals surface area contributed by atoms with E-state index in [0.717, 1.165) is 11.8 Å². The number of aromatic nitrogens is 1. The lowest BCUT2D eigenvalue weighted by Crippen LogP contribution is -2.24. The molecule has 1 aromatic heterocycles. The van der Waals surface area contributed by atoms with Gasteiger partial charge in [0.05, 0.1) is 29.1 Å². The van der Waals surface area contributed by atoms with Gasteiger partial charge in [-0.1, -0.05) is 23.7 Å². The molecule has 0 fully saturated rings. The Morgan fingerprint density at radius 1 is 1.22 bits per heavy atom. The van der Waals surface area contributed by atoms with Crippen molar-refractivity contribution < 1.29 is 22.7 Å². The summed E-state index contributed by atoms with van der Waals surface area (Å²) in [6.45, 7) is 0.877. The number of carbonyl (C=O) groups excluding carboxylic acids is 1. The fourth-order valence-corrected chi connectivity index (χ4v) is 4.64. The summed E-state index contributed by atoms with van der Waals surface area (Å²) in [5.41, 5.74) is 2.75. The Bertz CT molecular complexity index is 1260. The van der Waals surface area contributed by atoms with E-state index in [1.165, 1.54) is 22.7 Å². The number of fused-ring (bicyclic) bond motifs is 1. The average molecular weight is 494 g/mol. The molecule has 1 N–H and O–H groups in total. The molecule has 3 aromatic rings. The molecule has 0 aliphatic carbocycles. The summed E-state index contributed by atoms with van der Waals surface area (Å²) in [4.78, 5) is 17.0. The summed E-state index contributed by atoms with van der Waals surface area (Å²) in [6.07, 6.45) is 1.26. The summed E-state index contributed by atoms with van der Waals surface area (Å²) >= 11 is 7.54. The number of nitrogens with one attached hydrogen (secondary N) is 1. The van der Waals surface area contributed by atoms with Crippen LogP contribution in [-0.4, -0.2) is 45.8 Å². The monoisotopic (exact) mass is 493 g/mol. The van der Waals surface area contributed by atoms with E-state index < -0.39 is 10.0 Å². The maximum absolute atomic E-state index is 12.5. The van der Waals surface area contributed by atoms with Gasteiger partial charge in [-0.15, -0.1) is 11.3 Å². The van der Waals surface area contributed by atoms with Gasteiger partial charge < -0.3 is 14.8 Å². The minimum Gasteiger partial charge on any atom is -0.486 e. The van der Waals surface area contributed by atoms with Gasteiger partial charge in [0, 0.05) is 18.0 Å². The Balaban J connectivity index is 1.42. The molecule has 1 aliphatic rings. The van der Waals surface area contributed by atoms with Crippen molar-refractivity contribution in [2.24, 2.45) is 0 Å². The van der Waals surface area contributed by atoms with Crippen LogP contribution in [0.1, 0.15) is 5.56 Å². The number of sulfonamides is 1. The summed E-state index contributed by atoms with van der Waals surface area (Å²) in [5, 5.41) is 5.49. The molecule has 0 saturated heterocycles. The molecule has 168 valence electrons. The van der Waals surface area contributed by atoms with Crippen molar-refractivity contribution in [1.82, 2.24) is 4.98 Å². The van der Waals surface area contributed by atoms with Crippen LogP contribution in [0.2, 0.25) is 5.02 Å². The normalized spacial score (nSPS) is 13.0. The first kappa shape index (κ1) is 22.4. The second-order valence-electron chi connectivity index (χ2n) is 7.14. The van der Waals surface area contributed by atoms with E-state index in [9.17, 15) is 13.2 Å². The predicted molar refractivity (Wildman–Crippen MR) is 126 cm³/mol. The van der Waals surface area contributed by atoms with Crippen LogP contribution in [-0.2, 0) is 21.2 Å². The van der Waals surface area contributed by atoms with Gasteiger partial charge in [-0.3, -0.25) is 9.10 Å². The lowest BCUT2D eigenvalue weighted by molar-refractivity contribution is -0.115. The molecule has 0 saturated carbocycles. The lowest BCUT2D eigenvalue weighted by atomic mass is 10.1. The number of amides is 1. The van der Waals surface area contributed by atoms with Crippen molar-refractivity contribution in [3.05, 3.63) is 52.4 Å². The van der Waals surface area contributed by atoms with Gasteiger partial charge in [0.2, 0.25) is 15.9 Å². The third kappa shape index (κ3) is 4.98. The minimum atomic E-state index is -3.33. The fraction of sp³-hybridized carbons (Fsp3) is 0.238. The average Bonchev–Trinajstić information content (AvgIpc) is 3.21. The molecule has 11 heteroatoms. The second kappa shape index (κ2) is 8.97. The van der Waals surface area contributed by atoms with Crippen molar-refractivity contribution in [2.45, 2.75) is 6.42 Å². The van der Waals surface area contributed by atoms with E-state index in [1.807, 2.05) is 5.38 Å². The van der Waals surface area contributed by atoms with Crippen molar-refractivity contribution >= 4 is 49.7 Å². The number of anilines is 2. The molecule has 0 radical (unpaired) electrons. The predicted octanol–water partition coefficient (Wildman–Crippen LogP) is 3.81. The van der Waals surface area contributed by atoms with E-state index in [1.54, 1.807) is 36.4 Å². The Labute approximate surface area is 194 Å². The Morgan fingerprint density at radius 2 is 1.94 bits per heavy atom. The van der Waals surface area contributed by atoms with Gasteiger partial charge in [-0.25, -0.2) is 13.4 Å². The maximum atomic E-state index is 12.5. The van der Waals surface area contributed by atoms with E-state index in [4.69, 9.17) is 21.1 Å². The molecular formula is C21H20ClN3O5S2. The van der Waals surface area contributed by atoms with Gasteiger partial charge in [-0.05, 0) is 29.8 Å². The van der Waals surface area contributed by atoms with Crippen molar-refractivity contribution in [3.8, 4) is 22.8 Å². The number of halogens is 1. The van der Waals surface area contributed by atoms with Crippen LogP contribution in [0.15, 0.2) is 41.8 Å². The number of rotatable bonds is 6. The van der Waals surface area contributed by atoms with Crippen molar-refractivity contribution in [1.29, 1.82) is 0 Å². The molecule has 0 unspecified atom stereocenters. The zero-order valence-corrected chi connectivity index (χ0v) is 19.7. The third-order valence-corrected chi connectivity index (χ3v) is 7.04. The topological polar surface area (TPSA) is 97.8 Å². The standard InChI is InChI=1S/C21H20ClN3O5S2/c1-25(32(2,27)28)15-5-3-14(4-6-15)17-12-31-21(23-17)24-19(26)11-13-9-16(22)20-18(10-13)29-7-8-30-20/h3-6,9-10,12H,7-8,11H2,1-2H3,(H,23,24,26). The van der Waals surface area contributed by atoms with Gasteiger partial charge in [0.25, 0.3) is 0 Å². The van der Waals surface area contributed by atoms with Crippen LogP contribution in [0.3, 0.4) is 0 Å². The summed E-state index contributed by atoms with van der Waals surface area (Å²) in [7, 11) is -1.83. The zero-order valence-electron chi connectivity index (χ0n) is 17.3. The van der Waals surface area contributed by atoms with Crippen LogP contribution >= 0.6 is 22.9 Å². The fourth-order valence-electron chi connectivity index (χ4n) is 3.11. The lowest BCUT2D eigenvalue weighted by Gasteiger charge is -2.20. The molecule has 0 atom stereocenters. The van der Waals surface area contributed by atoms with Gasteiger partial charge in [0.1, 0.15) is 13.2 Å². The Kier molecular flexibility index (Phi) is 6.27. The van der Waals surface area contributed by atoms with Crippen LogP contribution in [0.25, 0.3) is 11.3 Å². The molecule has 2 heterocycles. The number of benzene rings is 2. The van der Waals surface area contributed by atoms with Gasteiger partial charge in [0.15, 0.2) is 16.6 Å².